The van der Waals surface area contributed by atoms with Crippen molar-refractivity contribution in [1.82, 2.24) is 0 Å². The molecular weight excluding hydrogens is 344 g/mol. The SMILES string of the molecule is Cc1cccc(NC(=O)CS[C@H](C)C(=O)Nc2c(C)cc(C)cc2C)c1. The number of rotatable bonds is 6. The van der Waals surface area contributed by atoms with Crippen molar-refractivity contribution in [3.8, 4) is 0 Å². The zero-order valence-corrected chi connectivity index (χ0v) is 16.8. The molecule has 0 aliphatic carbocycles. The van der Waals surface area contributed by atoms with Gasteiger partial charge in [0.15, 0.2) is 0 Å². The number of thioether (sulfide) groups is 1. The lowest BCUT2D eigenvalue weighted by atomic mass is 10.1. The van der Waals surface area contributed by atoms with Gasteiger partial charge in [0.05, 0.1) is 11.0 Å². The van der Waals surface area contributed by atoms with Crippen LogP contribution in [0.4, 0.5) is 11.4 Å². The Morgan fingerprint density at radius 2 is 1.62 bits per heavy atom. The Morgan fingerprint density at radius 3 is 2.23 bits per heavy atom. The molecule has 0 radical (unpaired) electrons. The summed E-state index contributed by atoms with van der Waals surface area (Å²) in [4.78, 5) is 24.5. The molecule has 1 atom stereocenters. The molecule has 0 saturated heterocycles. The van der Waals surface area contributed by atoms with Crippen LogP contribution in [-0.2, 0) is 9.59 Å². The summed E-state index contributed by atoms with van der Waals surface area (Å²) in [6.45, 7) is 9.81. The molecular formula is C21H26N2O2S. The minimum Gasteiger partial charge on any atom is -0.325 e. The predicted octanol–water partition coefficient (Wildman–Crippen LogP) is 4.62. The molecule has 0 saturated carbocycles. The van der Waals surface area contributed by atoms with Crippen LogP contribution in [0.2, 0.25) is 0 Å². The van der Waals surface area contributed by atoms with E-state index in [1.807, 2.05) is 58.9 Å². The van der Waals surface area contributed by atoms with Gasteiger partial charge < -0.3 is 10.6 Å². The number of amides is 2. The van der Waals surface area contributed by atoms with Crippen LogP contribution in [0.5, 0.6) is 0 Å². The van der Waals surface area contributed by atoms with Crippen molar-refractivity contribution in [1.29, 1.82) is 0 Å². The van der Waals surface area contributed by atoms with Crippen molar-refractivity contribution in [2.24, 2.45) is 0 Å². The van der Waals surface area contributed by atoms with Gasteiger partial charge in [0.2, 0.25) is 11.8 Å². The highest BCUT2D eigenvalue weighted by Gasteiger charge is 2.17. The van der Waals surface area contributed by atoms with E-state index in [0.717, 1.165) is 28.1 Å². The Morgan fingerprint density at radius 1 is 0.962 bits per heavy atom. The second kappa shape index (κ2) is 8.90. The molecule has 2 rings (SSSR count). The lowest BCUT2D eigenvalue weighted by Crippen LogP contribution is -2.25. The van der Waals surface area contributed by atoms with Gasteiger partial charge in [-0.15, -0.1) is 11.8 Å². The van der Waals surface area contributed by atoms with Gasteiger partial charge in [-0.25, -0.2) is 0 Å². The Kier molecular flexibility index (Phi) is 6.86. The summed E-state index contributed by atoms with van der Waals surface area (Å²) in [7, 11) is 0. The van der Waals surface area contributed by atoms with Gasteiger partial charge in [-0.1, -0.05) is 29.8 Å². The van der Waals surface area contributed by atoms with Crippen LogP contribution < -0.4 is 10.6 Å². The lowest BCUT2D eigenvalue weighted by molar-refractivity contribution is -0.115. The van der Waals surface area contributed by atoms with Crippen LogP contribution in [-0.4, -0.2) is 22.8 Å². The van der Waals surface area contributed by atoms with Gasteiger partial charge in [0, 0.05) is 11.4 Å². The maximum absolute atomic E-state index is 12.5. The number of aryl methyl sites for hydroxylation is 4. The Labute approximate surface area is 159 Å². The highest BCUT2D eigenvalue weighted by Crippen LogP contribution is 2.23. The fourth-order valence-corrected chi connectivity index (χ4v) is 3.48. The molecule has 0 fully saturated rings. The average molecular weight is 371 g/mol. The summed E-state index contributed by atoms with van der Waals surface area (Å²) in [5.41, 5.74) is 5.99. The van der Waals surface area contributed by atoms with Crippen LogP contribution in [0.1, 0.15) is 29.2 Å². The molecule has 0 bridgehead atoms. The zero-order valence-electron chi connectivity index (χ0n) is 16.0. The quantitative estimate of drug-likeness (QED) is 0.780. The molecule has 0 unspecified atom stereocenters. The van der Waals surface area contributed by atoms with E-state index >= 15 is 0 Å². The first kappa shape index (κ1) is 20.0. The van der Waals surface area contributed by atoms with E-state index in [1.165, 1.54) is 17.3 Å². The number of carbonyl (C=O) groups is 2. The molecule has 0 aromatic heterocycles. The second-order valence-corrected chi connectivity index (χ2v) is 7.96. The Bertz CT molecular complexity index is 794. The summed E-state index contributed by atoms with van der Waals surface area (Å²) >= 11 is 1.33. The molecule has 26 heavy (non-hydrogen) atoms. The van der Waals surface area contributed by atoms with Crippen LogP contribution in [0.3, 0.4) is 0 Å². The third kappa shape index (κ3) is 5.63. The first-order valence-corrected chi connectivity index (χ1v) is 9.68. The molecule has 5 heteroatoms. The zero-order chi connectivity index (χ0) is 19.3. The van der Waals surface area contributed by atoms with E-state index in [9.17, 15) is 9.59 Å². The van der Waals surface area contributed by atoms with Gasteiger partial charge in [-0.3, -0.25) is 9.59 Å². The summed E-state index contributed by atoms with van der Waals surface area (Å²) < 4.78 is 0. The fourth-order valence-electron chi connectivity index (χ4n) is 2.80. The van der Waals surface area contributed by atoms with E-state index in [1.54, 1.807) is 0 Å². The van der Waals surface area contributed by atoms with E-state index in [2.05, 4.69) is 22.8 Å². The largest absolute Gasteiger partial charge is 0.325 e. The maximum atomic E-state index is 12.5. The predicted molar refractivity (Wildman–Crippen MR) is 111 cm³/mol. The van der Waals surface area contributed by atoms with Crippen molar-refractivity contribution >= 4 is 35.0 Å². The van der Waals surface area contributed by atoms with E-state index in [0.29, 0.717) is 0 Å². The van der Waals surface area contributed by atoms with E-state index < -0.39 is 0 Å². The van der Waals surface area contributed by atoms with Crippen molar-refractivity contribution < 1.29 is 9.59 Å². The maximum Gasteiger partial charge on any atom is 0.237 e. The monoisotopic (exact) mass is 370 g/mol. The highest BCUT2D eigenvalue weighted by molar-refractivity contribution is 8.01. The van der Waals surface area contributed by atoms with Crippen molar-refractivity contribution in [3.63, 3.8) is 0 Å². The molecule has 138 valence electrons. The number of nitrogens with one attached hydrogen (secondary N) is 2. The van der Waals surface area contributed by atoms with Gasteiger partial charge in [-0.05, 0) is 63.4 Å². The molecule has 0 heterocycles. The third-order valence-electron chi connectivity index (χ3n) is 4.06. The molecule has 0 aliphatic heterocycles. The second-order valence-electron chi connectivity index (χ2n) is 6.63. The molecule has 2 aromatic carbocycles. The summed E-state index contributed by atoms with van der Waals surface area (Å²) in [6.07, 6.45) is 0. The number of carbonyl (C=O) groups excluding carboxylic acids is 2. The highest BCUT2D eigenvalue weighted by atomic mass is 32.2. The van der Waals surface area contributed by atoms with Crippen LogP contribution in [0, 0.1) is 27.7 Å². The van der Waals surface area contributed by atoms with Gasteiger partial charge in [0.1, 0.15) is 0 Å². The summed E-state index contributed by atoms with van der Waals surface area (Å²) in [6, 6.07) is 11.8. The fraction of sp³-hybridized carbons (Fsp3) is 0.333. The number of hydrogen-bond acceptors (Lipinski definition) is 3. The molecule has 4 nitrogen and oxygen atoms in total. The third-order valence-corrected chi connectivity index (χ3v) is 5.20. The van der Waals surface area contributed by atoms with Crippen molar-refractivity contribution in [3.05, 3.63) is 58.7 Å². The summed E-state index contributed by atoms with van der Waals surface area (Å²) in [5.74, 6) is 0.0327. The van der Waals surface area contributed by atoms with E-state index in [-0.39, 0.29) is 22.8 Å². The topological polar surface area (TPSA) is 58.2 Å². The molecule has 2 N–H and O–H groups in total. The standard InChI is InChI=1S/C21H26N2O2S/c1-13-7-6-8-18(11-13)22-19(24)12-26-17(5)21(25)23-20-15(3)9-14(2)10-16(20)4/h6-11,17H,12H2,1-5H3,(H,22,24)(H,23,25)/t17-/m1/s1. The van der Waals surface area contributed by atoms with Crippen LogP contribution in [0.15, 0.2) is 36.4 Å². The lowest BCUT2D eigenvalue weighted by Gasteiger charge is -2.16. The number of benzene rings is 2. The van der Waals surface area contributed by atoms with Crippen molar-refractivity contribution in [2.75, 3.05) is 16.4 Å². The molecule has 0 spiro atoms. The first-order chi connectivity index (χ1) is 12.3. The van der Waals surface area contributed by atoms with Gasteiger partial charge in [-0.2, -0.15) is 0 Å². The average Bonchev–Trinajstić information content (AvgIpc) is 2.55. The number of anilines is 2. The Hall–Kier alpha value is -2.27. The van der Waals surface area contributed by atoms with Crippen molar-refractivity contribution in [2.45, 2.75) is 39.9 Å². The normalized spacial score (nSPS) is 11.7. The smallest absolute Gasteiger partial charge is 0.237 e. The molecule has 0 aliphatic rings. The molecule has 2 aromatic rings. The molecule has 2 amide bonds. The van der Waals surface area contributed by atoms with Crippen LogP contribution in [0.25, 0.3) is 0 Å². The summed E-state index contributed by atoms with van der Waals surface area (Å²) in [5, 5.41) is 5.53. The number of hydrogen-bond donors (Lipinski definition) is 2. The van der Waals surface area contributed by atoms with Gasteiger partial charge in [0.25, 0.3) is 0 Å². The minimum absolute atomic E-state index is 0.0894. The van der Waals surface area contributed by atoms with Gasteiger partial charge >= 0.3 is 0 Å². The first-order valence-electron chi connectivity index (χ1n) is 8.63. The Balaban J connectivity index is 1.88. The van der Waals surface area contributed by atoms with Crippen LogP contribution >= 0.6 is 11.8 Å². The minimum atomic E-state index is -0.321. The van der Waals surface area contributed by atoms with E-state index in [4.69, 9.17) is 0 Å².